The van der Waals surface area contributed by atoms with Crippen molar-refractivity contribution in [2.24, 2.45) is 5.73 Å². The Kier molecular flexibility index (Phi) is 24.6. The van der Waals surface area contributed by atoms with Crippen LogP contribution in [0.3, 0.4) is 0 Å². The van der Waals surface area contributed by atoms with E-state index in [4.69, 9.17) is 10.5 Å². The largest absolute Gasteiger partial charge is 1.00 e. The van der Waals surface area contributed by atoms with Gasteiger partial charge in [0.1, 0.15) is 6.04 Å². The molecule has 0 aromatic heterocycles. The standard InChI is InChI=1S/C19H39NO2S.Na.H/c1-2-3-4-5-6-7-8-9-10-11-12-13-14-15-16-22-19(21)18(20)17-23;;/h18,23H,2-17,20H2,1H3;;/q;+1;-1/t18-;;/m0../s1. The predicted molar refractivity (Wildman–Crippen MR) is 104 cm³/mol. The molecular weight excluding hydrogens is 329 g/mol. The van der Waals surface area contributed by atoms with Crippen molar-refractivity contribution in [2.45, 2.75) is 103 Å². The molecule has 2 N–H and O–H groups in total. The van der Waals surface area contributed by atoms with Crippen LogP contribution >= 0.6 is 12.6 Å². The molecule has 0 bridgehead atoms. The molecule has 24 heavy (non-hydrogen) atoms. The van der Waals surface area contributed by atoms with Gasteiger partial charge in [0.15, 0.2) is 0 Å². The molecule has 0 unspecified atom stereocenters. The molecule has 3 nitrogen and oxygen atoms in total. The Labute approximate surface area is 179 Å². The normalized spacial score (nSPS) is 11.8. The molecular formula is C19H40NNaO2S. The fraction of sp³-hybridized carbons (Fsp3) is 0.947. The molecule has 0 spiro atoms. The van der Waals surface area contributed by atoms with Crippen LogP contribution < -0.4 is 35.3 Å². The van der Waals surface area contributed by atoms with Gasteiger partial charge in [0.2, 0.25) is 0 Å². The summed E-state index contributed by atoms with van der Waals surface area (Å²) in [5, 5.41) is 0. The van der Waals surface area contributed by atoms with Crippen molar-refractivity contribution in [3.05, 3.63) is 0 Å². The van der Waals surface area contributed by atoms with Crippen LogP contribution in [0.15, 0.2) is 0 Å². The van der Waals surface area contributed by atoms with Crippen LogP contribution in [0.1, 0.15) is 98.2 Å². The van der Waals surface area contributed by atoms with Crippen LogP contribution in [-0.2, 0) is 9.53 Å². The Morgan fingerprint density at radius 1 is 0.875 bits per heavy atom. The molecule has 140 valence electrons. The number of unbranched alkanes of at least 4 members (excludes halogenated alkanes) is 13. The summed E-state index contributed by atoms with van der Waals surface area (Å²) in [7, 11) is 0. The quantitative estimate of drug-likeness (QED) is 0.179. The third-order valence-electron chi connectivity index (χ3n) is 4.24. The number of hydrogen-bond acceptors (Lipinski definition) is 4. The van der Waals surface area contributed by atoms with E-state index in [9.17, 15) is 4.79 Å². The SMILES string of the molecule is CCCCCCCCCCCCCCCCOC(=O)[C@@H](N)CS.[H-].[Na+]. The van der Waals surface area contributed by atoms with E-state index < -0.39 is 6.04 Å². The Morgan fingerprint density at radius 3 is 1.62 bits per heavy atom. The van der Waals surface area contributed by atoms with Gasteiger partial charge in [-0.25, -0.2) is 0 Å². The van der Waals surface area contributed by atoms with Crippen LogP contribution in [0.25, 0.3) is 0 Å². The first-order chi connectivity index (χ1) is 11.2. The van der Waals surface area contributed by atoms with Crippen LogP contribution in [0.4, 0.5) is 0 Å². The Balaban J connectivity index is -0.00000242. The number of rotatable bonds is 17. The summed E-state index contributed by atoms with van der Waals surface area (Å²) in [6.07, 6.45) is 18.6. The van der Waals surface area contributed by atoms with Gasteiger partial charge in [0.25, 0.3) is 0 Å². The molecule has 0 heterocycles. The third kappa shape index (κ3) is 19.1. The first kappa shape index (κ1) is 27.0. The number of nitrogens with two attached hydrogens (primary N) is 1. The molecule has 0 saturated heterocycles. The summed E-state index contributed by atoms with van der Waals surface area (Å²) in [4.78, 5) is 11.3. The van der Waals surface area contributed by atoms with Crippen LogP contribution in [-0.4, -0.2) is 24.4 Å². The molecule has 0 fully saturated rings. The molecule has 0 amide bonds. The topological polar surface area (TPSA) is 52.3 Å². The average Bonchev–Trinajstić information content (AvgIpc) is 2.57. The average molecular weight is 370 g/mol. The van der Waals surface area contributed by atoms with Gasteiger partial charge < -0.3 is 11.9 Å². The first-order valence-electron chi connectivity index (χ1n) is 9.75. The minimum atomic E-state index is -0.579. The fourth-order valence-corrected chi connectivity index (χ4v) is 2.80. The summed E-state index contributed by atoms with van der Waals surface area (Å²) in [5.41, 5.74) is 5.53. The monoisotopic (exact) mass is 369 g/mol. The summed E-state index contributed by atoms with van der Waals surface area (Å²) in [5.74, 6) is 0.0205. The van der Waals surface area contributed by atoms with Gasteiger partial charge in [0, 0.05) is 5.75 Å². The molecule has 0 radical (unpaired) electrons. The van der Waals surface area contributed by atoms with Crippen LogP contribution in [0.5, 0.6) is 0 Å². The third-order valence-corrected chi connectivity index (χ3v) is 4.64. The zero-order valence-corrected chi connectivity index (χ0v) is 19.1. The second-order valence-electron chi connectivity index (χ2n) is 6.55. The minimum absolute atomic E-state index is 0. The van der Waals surface area contributed by atoms with E-state index in [1.54, 1.807) is 0 Å². The van der Waals surface area contributed by atoms with Crippen molar-refractivity contribution in [2.75, 3.05) is 12.4 Å². The summed E-state index contributed by atoms with van der Waals surface area (Å²) in [6, 6.07) is -0.579. The van der Waals surface area contributed by atoms with Gasteiger partial charge >= 0.3 is 35.5 Å². The van der Waals surface area contributed by atoms with Crippen molar-refractivity contribution in [3.63, 3.8) is 0 Å². The Morgan fingerprint density at radius 2 is 1.25 bits per heavy atom. The maximum atomic E-state index is 11.3. The van der Waals surface area contributed by atoms with Crippen molar-refractivity contribution in [1.82, 2.24) is 0 Å². The second kappa shape index (κ2) is 21.8. The number of thiol groups is 1. The predicted octanol–water partition coefficient (Wildman–Crippen LogP) is 2.38. The zero-order valence-electron chi connectivity index (χ0n) is 17.2. The molecule has 0 aliphatic carbocycles. The van der Waals surface area contributed by atoms with E-state index in [1.165, 1.54) is 77.0 Å². The number of ether oxygens (including phenoxy) is 1. The summed E-state index contributed by atoms with van der Waals surface area (Å²) in [6.45, 7) is 2.77. The van der Waals surface area contributed by atoms with Gasteiger partial charge in [-0.15, -0.1) is 0 Å². The minimum Gasteiger partial charge on any atom is -1.00 e. The van der Waals surface area contributed by atoms with Gasteiger partial charge in [-0.05, 0) is 6.42 Å². The van der Waals surface area contributed by atoms with Crippen molar-refractivity contribution >= 4 is 18.6 Å². The summed E-state index contributed by atoms with van der Waals surface area (Å²) < 4.78 is 5.09. The Hall–Kier alpha value is 0.780. The zero-order chi connectivity index (χ0) is 17.2. The van der Waals surface area contributed by atoms with E-state index in [0.29, 0.717) is 12.4 Å². The van der Waals surface area contributed by atoms with E-state index in [1.807, 2.05) is 0 Å². The maximum absolute atomic E-state index is 11.3. The van der Waals surface area contributed by atoms with E-state index in [2.05, 4.69) is 19.6 Å². The molecule has 0 rings (SSSR count). The van der Waals surface area contributed by atoms with Crippen molar-refractivity contribution < 1.29 is 40.5 Å². The molecule has 0 aromatic carbocycles. The molecule has 0 aliphatic heterocycles. The smallest absolute Gasteiger partial charge is 1.00 e. The molecule has 1 atom stereocenters. The number of esters is 1. The molecule has 5 heteroatoms. The van der Waals surface area contributed by atoms with Crippen molar-refractivity contribution in [1.29, 1.82) is 0 Å². The summed E-state index contributed by atoms with van der Waals surface area (Å²) >= 11 is 3.98. The maximum Gasteiger partial charge on any atom is 1.00 e. The fourth-order valence-electron chi connectivity index (χ4n) is 2.65. The van der Waals surface area contributed by atoms with Gasteiger partial charge in [-0.1, -0.05) is 90.4 Å². The molecule has 0 aromatic rings. The number of carbonyl (C=O) groups excluding carboxylic acids is 1. The van der Waals surface area contributed by atoms with Crippen LogP contribution in [0.2, 0.25) is 0 Å². The van der Waals surface area contributed by atoms with Crippen molar-refractivity contribution in [3.8, 4) is 0 Å². The number of carbonyl (C=O) groups is 1. The molecule has 0 saturated carbocycles. The van der Waals surface area contributed by atoms with Gasteiger partial charge in [0.05, 0.1) is 6.61 Å². The van der Waals surface area contributed by atoms with Gasteiger partial charge in [-0.2, -0.15) is 12.6 Å². The Bertz CT molecular complexity index is 274. The van der Waals surface area contributed by atoms with Crippen LogP contribution in [0, 0.1) is 0 Å². The second-order valence-corrected chi connectivity index (χ2v) is 6.92. The van der Waals surface area contributed by atoms with E-state index in [-0.39, 0.29) is 37.0 Å². The van der Waals surface area contributed by atoms with E-state index in [0.717, 1.165) is 12.8 Å². The number of hydrogen-bond donors (Lipinski definition) is 2. The van der Waals surface area contributed by atoms with Gasteiger partial charge in [-0.3, -0.25) is 4.79 Å². The van der Waals surface area contributed by atoms with E-state index >= 15 is 0 Å². The first-order valence-corrected chi connectivity index (χ1v) is 10.4. The molecule has 0 aliphatic rings.